The number of alkyl halides is 1. The van der Waals surface area contributed by atoms with E-state index in [2.05, 4.69) is 38.1 Å². The Kier molecular flexibility index (Phi) is 3.24. The molecule has 1 heterocycles. The minimum Gasteiger partial charge on any atom is -0.490 e. The summed E-state index contributed by atoms with van der Waals surface area (Å²) in [4.78, 5) is 0. The van der Waals surface area contributed by atoms with Crippen LogP contribution in [-0.2, 0) is 6.42 Å². The monoisotopic (exact) mass is 272 g/mol. The number of aryl methyl sites for hydroxylation is 1. The van der Waals surface area contributed by atoms with Gasteiger partial charge in [0.15, 0.2) is 0 Å². The van der Waals surface area contributed by atoms with Crippen molar-refractivity contribution in [1.82, 2.24) is 0 Å². The van der Waals surface area contributed by atoms with Crippen LogP contribution in [0.3, 0.4) is 0 Å². The van der Waals surface area contributed by atoms with Gasteiger partial charge in [0.1, 0.15) is 11.9 Å². The van der Waals surface area contributed by atoms with Gasteiger partial charge >= 0.3 is 0 Å². The first kappa shape index (κ1) is 12.6. The second kappa shape index (κ2) is 4.90. The quantitative estimate of drug-likeness (QED) is 0.723. The fourth-order valence-corrected chi connectivity index (χ4v) is 3.03. The average Bonchev–Trinajstić information content (AvgIpc) is 2.77. The van der Waals surface area contributed by atoms with Crippen LogP contribution in [0.15, 0.2) is 42.5 Å². The number of rotatable bonds is 2. The summed E-state index contributed by atoms with van der Waals surface area (Å²) in [6, 6.07) is 14.6. The molecule has 1 nitrogen and oxygen atoms in total. The van der Waals surface area contributed by atoms with Gasteiger partial charge < -0.3 is 4.74 Å². The van der Waals surface area contributed by atoms with Crippen molar-refractivity contribution in [2.24, 2.45) is 0 Å². The van der Waals surface area contributed by atoms with Crippen LogP contribution < -0.4 is 4.74 Å². The van der Waals surface area contributed by atoms with Crippen molar-refractivity contribution in [2.45, 2.75) is 31.7 Å². The van der Waals surface area contributed by atoms with Crippen LogP contribution in [0.1, 0.15) is 34.6 Å². The molecule has 2 heteroatoms. The molecule has 98 valence electrons. The van der Waals surface area contributed by atoms with E-state index in [1.807, 2.05) is 18.2 Å². The first-order valence-electron chi connectivity index (χ1n) is 6.64. The smallest absolute Gasteiger partial charge is 0.123 e. The highest BCUT2D eigenvalue weighted by Crippen LogP contribution is 2.36. The van der Waals surface area contributed by atoms with Gasteiger partial charge in [-0.05, 0) is 42.2 Å². The molecule has 0 saturated carbocycles. The highest BCUT2D eigenvalue weighted by atomic mass is 35.5. The Morgan fingerprint density at radius 1 is 1.21 bits per heavy atom. The second-order valence-electron chi connectivity index (χ2n) is 5.22. The number of benzene rings is 2. The highest BCUT2D eigenvalue weighted by molar-refractivity contribution is 6.22. The largest absolute Gasteiger partial charge is 0.490 e. The van der Waals surface area contributed by atoms with Gasteiger partial charge in [-0.3, -0.25) is 0 Å². The fourth-order valence-electron chi connectivity index (χ4n) is 2.65. The summed E-state index contributed by atoms with van der Waals surface area (Å²) in [7, 11) is 0. The molecule has 0 aromatic heterocycles. The minimum atomic E-state index is -0.0950. The van der Waals surface area contributed by atoms with E-state index >= 15 is 0 Å². The van der Waals surface area contributed by atoms with Gasteiger partial charge in [-0.15, -0.1) is 11.6 Å². The Hall–Kier alpha value is -1.47. The molecule has 0 fully saturated rings. The predicted octanol–water partition coefficient (Wildman–Crippen LogP) is 4.65. The van der Waals surface area contributed by atoms with E-state index < -0.39 is 0 Å². The van der Waals surface area contributed by atoms with Crippen LogP contribution in [0.2, 0.25) is 0 Å². The SMILES string of the molecule is Cc1ccccc1C(Cl)c1ccc2c(c1)CC(C)O2. The lowest BCUT2D eigenvalue weighted by atomic mass is 9.98. The fraction of sp³-hybridized carbons (Fsp3) is 0.294. The highest BCUT2D eigenvalue weighted by Gasteiger charge is 2.21. The van der Waals surface area contributed by atoms with Gasteiger partial charge in [-0.1, -0.05) is 36.4 Å². The molecule has 19 heavy (non-hydrogen) atoms. The van der Waals surface area contributed by atoms with E-state index in [9.17, 15) is 0 Å². The van der Waals surface area contributed by atoms with Gasteiger partial charge in [0.05, 0.1) is 5.38 Å². The summed E-state index contributed by atoms with van der Waals surface area (Å²) in [5.41, 5.74) is 4.82. The molecule has 1 aliphatic rings. The standard InChI is InChI=1S/C17H17ClO/c1-11-5-3-4-6-15(11)17(18)13-7-8-16-14(10-13)9-12(2)19-16/h3-8,10,12,17H,9H2,1-2H3. The Morgan fingerprint density at radius 3 is 2.79 bits per heavy atom. The summed E-state index contributed by atoms with van der Waals surface area (Å²) >= 11 is 6.63. The number of ether oxygens (including phenoxy) is 1. The van der Waals surface area contributed by atoms with E-state index in [-0.39, 0.29) is 11.5 Å². The zero-order valence-corrected chi connectivity index (χ0v) is 11.9. The normalized spacial score (nSPS) is 18.8. The first-order valence-corrected chi connectivity index (χ1v) is 7.08. The molecule has 0 N–H and O–H groups in total. The molecular weight excluding hydrogens is 256 g/mol. The molecule has 0 spiro atoms. The van der Waals surface area contributed by atoms with Crippen molar-refractivity contribution >= 4 is 11.6 Å². The van der Waals surface area contributed by atoms with Crippen LogP contribution in [0.25, 0.3) is 0 Å². The van der Waals surface area contributed by atoms with Crippen molar-refractivity contribution in [3.63, 3.8) is 0 Å². The molecule has 0 radical (unpaired) electrons. The topological polar surface area (TPSA) is 9.23 Å². The van der Waals surface area contributed by atoms with Crippen molar-refractivity contribution in [2.75, 3.05) is 0 Å². The van der Waals surface area contributed by atoms with Gasteiger partial charge in [-0.25, -0.2) is 0 Å². The van der Waals surface area contributed by atoms with Crippen LogP contribution in [0, 0.1) is 6.92 Å². The lowest BCUT2D eigenvalue weighted by Crippen LogP contribution is -2.05. The lowest BCUT2D eigenvalue weighted by Gasteiger charge is -2.14. The van der Waals surface area contributed by atoms with Gasteiger partial charge in [-0.2, -0.15) is 0 Å². The summed E-state index contributed by atoms with van der Waals surface area (Å²) < 4.78 is 5.73. The van der Waals surface area contributed by atoms with Crippen molar-refractivity contribution in [1.29, 1.82) is 0 Å². The molecule has 2 unspecified atom stereocenters. The Morgan fingerprint density at radius 2 is 2.00 bits per heavy atom. The Bertz CT molecular complexity index is 606. The van der Waals surface area contributed by atoms with E-state index in [0.29, 0.717) is 0 Å². The molecule has 0 bridgehead atoms. The number of halogens is 1. The molecule has 3 rings (SSSR count). The maximum atomic E-state index is 6.63. The summed E-state index contributed by atoms with van der Waals surface area (Å²) in [6.07, 6.45) is 1.25. The van der Waals surface area contributed by atoms with E-state index in [4.69, 9.17) is 16.3 Å². The van der Waals surface area contributed by atoms with E-state index in [1.165, 1.54) is 16.7 Å². The molecule has 2 aromatic carbocycles. The van der Waals surface area contributed by atoms with Crippen molar-refractivity contribution in [3.05, 3.63) is 64.7 Å². The third kappa shape index (κ3) is 2.35. The third-order valence-electron chi connectivity index (χ3n) is 3.67. The molecule has 0 saturated heterocycles. The number of hydrogen-bond acceptors (Lipinski definition) is 1. The zero-order chi connectivity index (χ0) is 13.4. The Balaban J connectivity index is 1.95. The maximum Gasteiger partial charge on any atom is 0.123 e. The van der Waals surface area contributed by atoms with Crippen LogP contribution >= 0.6 is 11.6 Å². The van der Waals surface area contributed by atoms with Crippen LogP contribution in [0.5, 0.6) is 5.75 Å². The van der Waals surface area contributed by atoms with Crippen molar-refractivity contribution in [3.8, 4) is 5.75 Å². The van der Waals surface area contributed by atoms with Gasteiger partial charge in [0.25, 0.3) is 0 Å². The molecule has 2 aromatic rings. The molecule has 2 atom stereocenters. The summed E-state index contributed by atoms with van der Waals surface area (Å²) in [5, 5.41) is -0.0950. The molecular formula is C17H17ClO. The van der Waals surface area contributed by atoms with E-state index in [0.717, 1.165) is 17.7 Å². The second-order valence-corrected chi connectivity index (χ2v) is 5.66. The van der Waals surface area contributed by atoms with Crippen LogP contribution in [-0.4, -0.2) is 6.10 Å². The number of hydrogen-bond donors (Lipinski definition) is 0. The minimum absolute atomic E-state index is 0.0950. The first-order chi connectivity index (χ1) is 9.15. The predicted molar refractivity (Wildman–Crippen MR) is 79.1 cm³/mol. The average molecular weight is 273 g/mol. The van der Waals surface area contributed by atoms with Crippen molar-refractivity contribution < 1.29 is 4.74 Å². The van der Waals surface area contributed by atoms with E-state index in [1.54, 1.807) is 0 Å². The third-order valence-corrected chi connectivity index (χ3v) is 4.16. The maximum absolute atomic E-state index is 6.63. The Labute approximate surface area is 119 Å². The molecule has 0 amide bonds. The molecule has 1 aliphatic heterocycles. The lowest BCUT2D eigenvalue weighted by molar-refractivity contribution is 0.254. The number of fused-ring (bicyclic) bond motifs is 1. The zero-order valence-electron chi connectivity index (χ0n) is 11.2. The summed E-state index contributed by atoms with van der Waals surface area (Å²) in [6.45, 7) is 4.20. The molecule has 0 aliphatic carbocycles. The van der Waals surface area contributed by atoms with Gasteiger partial charge in [0.2, 0.25) is 0 Å². The van der Waals surface area contributed by atoms with Gasteiger partial charge in [0, 0.05) is 6.42 Å². The summed E-state index contributed by atoms with van der Waals surface area (Å²) in [5.74, 6) is 1.00. The van der Waals surface area contributed by atoms with Crippen LogP contribution in [0.4, 0.5) is 0 Å².